The van der Waals surface area contributed by atoms with Crippen LogP contribution in [0, 0.1) is 5.92 Å². The van der Waals surface area contributed by atoms with Gasteiger partial charge in [-0.1, -0.05) is 32.6 Å². The fourth-order valence-electron chi connectivity index (χ4n) is 1.62. The van der Waals surface area contributed by atoms with E-state index in [2.05, 4.69) is 6.92 Å². The Morgan fingerprint density at radius 2 is 1.72 bits per heavy atom. The first kappa shape index (κ1) is 17.0. The highest BCUT2D eigenvalue weighted by molar-refractivity contribution is 5.91. The zero-order chi connectivity index (χ0) is 14.2. The molecule has 106 valence electrons. The van der Waals surface area contributed by atoms with Gasteiger partial charge in [0.25, 0.3) is 5.79 Å². The fourth-order valence-corrected chi connectivity index (χ4v) is 1.62. The summed E-state index contributed by atoms with van der Waals surface area (Å²) in [5, 5.41) is 27.2. The topological polar surface area (TPSA) is 107 Å². The normalized spacial score (nSPS) is 13.2. The molecule has 18 heavy (non-hydrogen) atoms. The number of carbonyl (C=O) groups excluding carboxylic acids is 2. The molecular weight excluding hydrogens is 238 g/mol. The molecule has 1 unspecified atom stereocenters. The molecule has 0 aromatic carbocycles. The van der Waals surface area contributed by atoms with Crippen molar-refractivity contribution in [2.45, 2.75) is 58.2 Å². The average molecular weight is 261 g/mol. The van der Waals surface area contributed by atoms with Crippen molar-refractivity contribution in [1.82, 2.24) is 5.48 Å². The van der Waals surface area contributed by atoms with E-state index in [4.69, 9.17) is 5.21 Å². The Kier molecular flexibility index (Phi) is 7.73. The van der Waals surface area contributed by atoms with Crippen molar-refractivity contribution in [3.05, 3.63) is 0 Å². The summed E-state index contributed by atoms with van der Waals surface area (Å²) in [5.41, 5.74) is 1.13. The van der Waals surface area contributed by atoms with E-state index in [1.54, 1.807) is 0 Å². The van der Waals surface area contributed by atoms with Crippen LogP contribution in [0.3, 0.4) is 0 Å². The minimum Gasteiger partial charge on any atom is -0.358 e. The van der Waals surface area contributed by atoms with Crippen molar-refractivity contribution in [3.63, 3.8) is 0 Å². The molecule has 4 N–H and O–H groups in total. The van der Waals surface area contributed by atoms with Crippen LogP contribution in [-0.4, -0.2) is 32.9 Å². The van der Waals surface area contributed by atoms with E-state index in [0.29, 0.717) is 6.42 Å². The quantitative estimate of drug-likeness (QED) is 0.212. The first-order valence-corrected chi connectivity index (χ1v) is 6.29. The second kappa shape index (κ2) is 8.18. The molecule has 0 spiro atoms. The molecule has 0 bridgehead atoms. The molecule has 6 nitrogen and oxygen atoms in total. The molecule has 1 atom stereocenters. The third-order valence-electron chi connectivity index (χ3n) is 3.05. The van der Waals surface area contributed by atoms with Crippen molar-refractivity contribution in [3.8, 4) is 0 Å². The summed E-state index contributed by atoms with van der Waals surface area (Å²) in [6.07, 6.45) is 5.03. The SMILES string of the molecule is CCCCCCCC(=O)C(C)C(O)(O)C(=O)NO. The van der Waals surface area contributed by atoms with E-state index in [0.717, 1.165) is 31.2 Å². The van der Waals surface area contributed by atoms with Gasteiger partial charge in [0.1, 0.15) is 5.78 Å². The molecular formula is C12H23NO5. The van der Waals surface area contributed by atoms with Gasteiger partial charge in [0.05, 0.1) is 5.92 Å². The summed E-state index contributed by atoms with van der Waals surface area (Å²) in [4.78, 5) is 22.6. The molecule has 0 aromatic heterocycles. The maximum Gasteiger partial charge on any atom is 0.303 e. The largest absolute Gasteiger partial charge is 0.358 e. The van der Waals surface area contributed by atoms with E-state index in [9.17, 15) is 19.8 Å². The lowest BCUT2D eigenvalue weighted by molar-refractivity contribution is -0.210. The van der Waals surface area contributed by atoms with Gasteiger partial charge in [0.2, 0.25) is 0 Å². The van der Waals surface area contributed by atoms with Crippen molar-refractivity contribution in [2.24, 2.45) is 5.92 Å². The number of unbranched alkanes of at least 4 members (excludes halogenated alkanes) is 4. The van der Waals surface area contributed by atoms with Gasteiger partial charge in [-0.25, -0.2) is 5.48 Å². The van der Waals surface area contributed by atoms with Gasteiger partial charge < -0.3 is 10.2 Å². The Labute approximate surface area is 107 Å². The number of nitrogens with one attached hydrogen (secondary N) is 1. The highest BCUT2D eigenvalue weighted by atomic mass is 16.5. The van der Waals surface area contributed by atoms with E-state index >= 15 is 0 Å². The Balaban J connectivity index is 4.13. The first-order chi connectivity index (χ1) is 8.37. The van der Waals surface area contributed by atoms with Gasteiger partial charge in [0.15, 0.2) is 0 Å². The van der Waals surface area contributed by atoms with Gasteiger partial charge in [-0.05, 0) is 13.3 Å². The summed E-state index contributed by atoms with van der Waals surface area (Å²) < 4.78 is 0. The summed E-state index contributed by atoms with van der Waals surface area (Å²) in [5.74, 6) is -5.93. The zero-order valence-corrected chi connectivity index (χ0v) is 11.0. The smallest absolute Gasteiger partial charge is 0.303 e. The molecule has 0 aliphatic heterocycles. The molecule has 0 aliphatic carbocycles. The summed E-state index contributed by atoms with van der Waals surface area (Å²) in [7, 11) is 0. The molecule has 0 saturated heterocycles. The number of hydrogen-bond donors (Lipinski definition) is 4. The van der Waals surface area contributed by atoms with Gasteiger partial charge in [0, 0.05) is 6.42 Å². The van der Waals surface area contributed by atoms with Crippen LogP contribution in [-0.2, 0) is 9.59 Å². The molecule has 0 fully saturated rings. The molecule has 0 aromatic rings. The van der Waals surface area contributed by atoms with Crippen LogP contribution in [0.4, 0.5) is 0 Å². The van der Waals surface area contributed by atoms with Crippen LogP contribution >= 0.6 is 0 Å². The van der Waals surface area contributed by atoms with Crippen LogP contribution in [0.25, 0.3) is 0 Å². The Morgan fingerprint density at radius 1 is 1.17 bits per heavy atom. The van der Waals surface area contributed by atoms with Crippen LogP contribution in [0.1, 0.15) is 52.4 Å². The number of aliphatic hydroxyl groups is 2. The van der Waals surface area contributed by atoms with Crippen molar-refractivity contribution in [2.75, 3.05) is 0 Å². The molecule has 6 heteroatoms. The van der Waals surface area contributed by atoms with Crippen molar-refractivity contribution < 1.29 is 25.0 Å². The van der Waals surface area contributed by atoms with E-state index in [1.165, 1.54) is 6.92 Å². The third-order valence-corrected chi connectivity index (χ3v) is 3.05. The summed E-state index contributed by atoms with van der Waals surface area (Å²) >= 11 is 0. The van der Waals surface area contributed by atoms with Gasteiger partial charge in [-0.2, -0.15) is 0 Å². The van der Waals surface area contributed by atoms with Crippen LogP contribution in [0.2, 0.25) is 0 Å². The molecule has 0 aliphatic rings. The highest BCUT2D eigenvalue weighted by Crippen LogP contribution is 2.18. The highest BCUT2D eigenvalue weighted by Gasteiger charge is 2.42. The minimum atomic E-state index is -2.87. The van der Waals surface area contributed by atoms with Crippen LogP contribution < -0.4 is 5.48 Å². The maximum absolute atomic E-state index is 11.7. The molecule has 0 heterocycles. The number of hydroxylamine groups is 1. The van der Waals surface area contributed by atoms with Crippen LogP contribution in [0.15, 0.2) is 0 Å². The number of rotatable bonds is 9. The Hall–Kier alpha value is -0.980. The van der Waals surface area contributed by atoms with Gasteiger partial charge in [-0.15, -0.1) is 0 Å². The number of Topliss-reactive ketones (excluding diaryl/α,β-unsaturated/α-hetero) is 1. The van der Waals surface area contributed by atoms with E-state index in [-0.39, 0.29) is 6.42 Å². The molecule has 0 saturated carbocycles. The number of ketones is 1. The Bertz CT molecular complexity index is 278. The van der Waals surface area contributed by atoms with Gasteiger partial charge in [-0.3, -0.25) is 14.8 Å². The fraction of sp³-hybridized carbons (Fsp3) is 0.833. The number of hydrogen-bond acceptors (Lipinski definition) is 5. The molecule has 0 radical (unpaired) electrons. The zero-order valence-electron chi connectivity index (χ0n) is 11.0. The number of amides is 1. The first-order valence-electron chi connectivity index (χ1n) is 6.29. The second-order valence-corrected chi connectivity index (χ2v) is 4.52. The summed E-state index contributed by atoms with van der Waals surface area (Å²) in [6, 6.07) is 0. The third kappa shape index (κ3) is 5.12. The second-order valence-electron chi connectivity index (χ2n) is 4.52. The lowest BCUT2D eigenvalue weighted by Gasteiger charge is -2.24. The predicted octanol–water partition coefficient (Wildman–Crippen LogP) is 0.738. The minimum absolute atomic E-state index is 0.201. The van der Waals surface area contributed by atoms with E-state index in [1.807, 2.05) is 0 Å². The monoisotopic (exact) mass is 261 g/mol. The van der Waals surface area contributed by atoms with E-state index < -0.39 is 23.4 Å². The maximum atomic E-state index is 11.7. The standard InChI is InChI=1S/C12H23NO5/c1-3-4-5-6-7-8-10(14)9(2)12(16,17)11(15)13-18/h9,16-18H,3-8H2,1-2H3,(H,13,15). The molecule has 1 amide bonds. The van der Waals surface area contributed by atoms with Crippen molar-refractivity contribution >= 4 is 11.7 Å². The summed E-state index contributed by atoms with van der Waals surface area (Å²) in [6.45, 7) is 3.34. The lowest BCUT2D eigenvalue weighted by Crippen LogP contribution is -2.52. The number of carbonyl (C=O) groups is 2. The Morgan fingerprint density at radius 3 is 2.22 bits per heavy atom. The van der Waals surface area contributed by atoms with Crippen LogP contribution in [0.5, 0.6) is 0 Å². The molecule has 0 rings (SSSR count). The van der Waals surface area contributed by atoms with Crippen molar-refractivity contribution in [1.29, 1.82) is 0 Å². The predicted molar refractivity (Wildman–Crippen MR) is 64.6 cm³/mol. The lowest BCUT2D eigenvalue weighted by atomic mass is 9.92. The average Bonchev–Trinajstić information content (AvgIpc) is 2.36. The van der Waals surface area contributed by atoms with Gasteiger partial charge >= 0.3 is 5.91 Å².